The maximum absolute atomic E-state index is 11.6. The van der Waals surface area contributed by atoms with Crippen molar-refractivity contribution in [1.82, 2.24) is 9.78 Å². The number of non-ortho nitro benzene ring substituents is 1. The van der Waals surface area contributed by atoms with E-state index in [4.69, 9.17) is 5.11 Å². The highest BCUT2D eigenvalue weighted by molar-refractivity contribution is 5.86. The number of carboxylic acids is 1. The number of nitro benzene ring substituents is 1. The standard InChI is InChI=1S/C10H7N3O5/c14-9-8(10(15)16)5-11-12(9)6-1-3-7(4-2-6)13(17)18/h1-5,11H,(H,15,16). The monoisotopic (exact) mass is 249 g/mol. The van der Waals surface area contributed by atoms with Crippen LogP contribution in [0.5, 0.6) is 0 Å². The number of benzene rings is 1. The molecule has 2 aromatic rings. The first-order valence-electron chi connectivity index (χ1n) is 4.79. The molecule has 0 radical (unpaired) electrons. The Bertz CT molecular complexity index is 668. The Balaban J connectivity index is 2.47. The van der Waals surface area contributed by atoms with Gasteiger partial charge in [0.15, 0.2) is 0 Å². The number of aromatic nitrogens is 2. The third-order valence-electron chi connectivity index (χ3n) is 2.32. The largest absolute Gasteiger partial charge is 0.477 e. The van der Waals surface area contributed by atoms with Crippen LogP contribution in [0, 0.1) is 10.1 Å². The molecule has 0 saturated heterocycles. The molecule has 8 nitrogen and oxygen atoms in total. The van der Waals surface area contributed by atoms with E-state index in [0.717, 1.165) is 10.9 Å². The van der Waals surface area contributed by atoms with Gasteiger partial charge >= 0.3 is 5.97 Å². The zero-order valence-corrected chi connectivity index (χ0v) is 8.86. The Labute approximate surface area is 99.2 Å². The zero-order chi connectivity index (χ0) is 13.3. The van der Waals surface area contributed by atoms with Gasteiger partial charge in [0.05, 0.1) is 10.6 Å². The molecule has 0 aliphatic carbocycles. The van der Waals surface area contributed by atoms with E-state index < -0.39 is 22.0 Å². The molecule has 0 atom stereocenters. The lowest BCUT2D eigenvalue weighted by molar-refractivity contribution is -0.384. The first-order valence-corrected chi connectivity index (χ1v) is 4.79. The molecule has 0 fully saturated rings. The number of hydrogen-bond acceptors (Lipinski definition) is 4. The number of H-pyrrole nitrogens is 1. The van der Waals surface area contributed by atoms with Crippen molar-refractivity contribution in [3.63, 3.8) is 0 Å². The van der Waals surface area contributed by atoms with Gasteiger partial charge in [-0.1, -0.05) is 0 Å². The van der Waals surface area contributed by atoms with Crippen LogP contribution >= 0.6 is 0 Å². The van der Waals surface area contributed by atoms with Gasteiger partial charge in [-0.25, -0.2) is 9.48 Å². The minimum atomic E-state index is -1.34. The molecule has 0 aliphatic heterocycles. The lowest BCUT2D eigenvalue weighted by atomic mass is 10.3. The second-order valence-corrected chi connectivity index (χ2v) is 3.41. The molecular formula is C10H7N3O5. The third kappa shape index (κ3) is 1.86. The van der Waals surface area contributed by atoms with Gasteiger partial charge in [0, 0.05) is 18.3 Å². The Morgan fingerprint density at radius 2 is 1.94 bits per heavy atom. The predicted molar refractivity (Wildman–Crippen MR) is 60.0 cm³/mol. The molecule has 2 rings (SSSR count). The van der Waals surface area contributed by atoms with Crippen molar-refractivity contribution in [2.45, 2.75) is 0 Å². The lowest BCUT2D eigenvalue weighted by Gasteiger charge is -2.00. The minimum Gasteiger partial charge on any atom is -0.477 e. The number of aromatic carboxylic acids is 1. The van der Waals surface area contributed by atoms with Crippen molar-refractivity contribution < 1.29 is 14.8 Å². The molecule has 0 spiro atoms. The van der Waals surface area contributed by atoms with Crippen molar-refractivity contribution in [2.75, 3.05) is 0 Å². The number of carbonyl (C=O) groups is 1. The molecule has 1 aromatic carbocycles. The van der Waals surface area contributed by atoms with E-state index in [9.17, 15) is 19.7 Å². The van der Waals surface area contributed by atoms with Crippen LogP contribution in [0.3, 0.4) is 0 Å². The van der Waals surface area contributed by atoms with E-state index in [-0.39, 0.29) is 5.69 Å². The summed E-state index contributed by atoms with van der Waals surface area (Å²) in [6.45, 7) is 0. The molecule has 0 amide bonds. The fourth-order valence-corrected chi connectivity index (χ4v) is 1.44. The van der Waals surface area contributed by atoms with Gasteiger partial charge in [-0.05, 0) is 12.1 Å². The van der Waals surface area contributed by atoms with Crippen LogP contribution in [0.15, 0.2) is 35.3 Å². The van der Waals surface area contributed by atoms with E-state index in [2.05, 4.69) is 5.10 Å². The average molecular weight is 249 g/mol. The summed E-state index contributed by atoms with van der Waals surface area (Å²) < 4.78 is 0.993. The van der Waals surface area contributed by atoms with Crippen molar-refractivity contribution in [3.05, 3.63) is 56.5 Å². The van der Waals surface area contributed by atoms with E-state index in [1.165, 1.54) is 24.3 Å². The second kappa shape index (κ2) is 4.17. The third-order valence-corrected chi connectivity index (χ3v) is 2.32. The molecular weight excluding hydrogens is 242 g/mol. The van der Waals surface area contributed by atoms with Gasteiger partial charge < -0.3 is 5.11 Å². The van der Waals surface area contributed by atoms with Gasteiger partial charge in [0.2, 0.25) is 0 Å². The van der Waals surface area contributed by atoms with Crippen LogP contribution in [0.2, 0.25) is 0 Å². The highest BCUT2D eigenvalue weighted by atomic mass is 16.6. The van der Waals surface area contributed by atoms with Crippen molar-refractivity contribution >= 4 is 11.7 Å². The number of nitro groups is 1. The van der Waals surface area contributed by atoms with Crippen molar-refractivity contribution in [2.24, 2.45) is 0 Å². The van der Waals surface area contributed by atoms with Crippen LogP contribution in [-0.4, -0.2) is 25.8 Å². The van der Waals surface area contributed by atoms with Crippen molar-refractivity contribution in [1.29, 1.82) is 0 Å². The highest BCUT2D eigenvalue weighted by Crippen LogP contribution is 2.13. The second-order valence-electron chi connectivity index (χ2n) is 3.41. The number of carboxylic acid groups (broad SMARTS) is 1. The van der Waals surface area contributed by atoms with Crippen LogP contribution in [0.25, 0.3) is 5.69 Å². The Morgan fingerprint density at radius 1 is 1.33 bits per heavy atom. The van der Waals surface area contributed by atoms with Crippen molar-refractivity contribution in [3.8, 4) is 5.69 Å². The number of nitrogens with zero attached hydrogens (tertiary/aromatic N) is 2. The first-order chi connectivity index (χ1) is 8.50. The summed E-state index contributed by atoms with van der Waals surface area (Å²) in [5.41, 5.74) is -0.917. The average Bonchev–Trinajstić information content (AvgIpc) is 2.71. The van der Waals surface area contributed by atoms with Gasteiger partial charge in [-0.15, -0.1) is 0 Å². The van der Waals surface area contributed by atoms with Crippen LogP contribution in [0.4, 0.5) is 5.69 Å². The van der Waals surface area contributed by atoms with Gasteiger partial charge in [0.1, 0.15) is 5.56 Å². The number of hydrogen-bond donors (Lipinski definition) is 2. The Morgan fingerprint density at radius 3 is 2.39 bits per heavy atom. The number of aromatic amines is 1. The summed E-state index contributed by atoms with van der Waals surface area (Å²) in [6, 6.07) is 5.15. The fourth-order valence-electron chi connectivity index (χ4n) is 1.44. The summed E-state index contributed by atoms with van der Waals surface area (Å²) in [7, 11) is 0. The number of nitrogens with one attached hydrogen (secondary N) is 1. The smallest absolute Gasteiger partial charge is 0.342 e. The first kappa shape index (κ1) is 11.6. The van der Waals surface area contributed by atoms with E-state index in [1.54, 1.807) is 0 Å². The van der Waals surface area contributed by atoms with E-state index in [1.807, 2.05) is 0 Å². The molecule has 0 saturated carbocycles. The SMILES string of the molecule is O=C(O)c1c[nH]n(-c2ccc([N+](=O)[O-])cc2)c1=O. The fraction of sp³-hybridized carbons (Fsp3) is 0. The van der Waals surface area contributed by atoms with Crippen LogP contribution < -0.4 is 5.56 Å². The molecule has 92 valence electrons. The normalized spacial score (nSPS) is 10.2. The van der Waals surface area contributed by atoms with Gasteiger partial charge in [0.25, 0.3) is 11.2 Å². The quantitative estimate of drug-likeness (QED) is 0.615. The summed E-state index contributed by atoms with van der Waals surface area (Å²) in [5, 5.41) is 21.7. The Hall–Kier alpha value is -2.90. The summed E-state index contributed by atoms with van der Waals surface area (Å²) in [5.74, 6) is -1.34. The molecule has 0 aliphatic rings. The topological polar surface area (TPSA) is 118 Å². The Kier molecular flexibility index (Phi) is 2.68. The molecule has 2 N–H and O–H groups in total. The molecule has 1 aromatic heterocycles. The predicted octanol–water partition coefficient (Wildman–Crippen LogP) is 0.772. The van der Waals surface area contributed by atoms with Gasteiger partial charge in [-0.3, -0.25) is 20.0 Å². The maximum Gasteiger partial charge on any atom is 0.342 e. The van der Waals surface area contributed by atoms with Crippen LogP contribution in [-0.2, 0) is 0 Å². The number of rotatable bonds is 3. The molecule has 0 unspecified atom stereocenters. The highest BCUT2D eigenvalue weighted by Gasteiger charge is 2.14. The molecule has 0 bridgehead atoms. The molecule has 18 heavy (non-hydrogen) atoms. The van der Waals surface area contributed by atoms with E-state index >= 15 is 0 Å². The molecule has 8 heteroatoms. The maximum atomic E-state index is 11.6. The van der Waals surface area contributed by atoms with E-state index in [0.29, 0.717) is 5.69 Å². The summed E-state index contributed by atoms with van der Waals surface area (Å²) >= 11 is 0. The summed E-state index contributed by atoms with van der Waals surface area (Å²) in [6.07, 6.45) is 1.06. The summed E-state index contributed by atoms with van der Waals surface area (Å²) in [4.78, 5) is 32.2. The lowest BCUT2D eigenvalue weighted by Crippen LogP contribution is -2.19. The van der Waals surface area contributed by atoms with Crippen LogP contribution in [0.1, 0.15) is 10.4 Å². The molecule has 1 heterocycles. The zero-order valence-electron chi connectivity index (χ0n) is 8.86. The minimum absolute atomic E-state index is 0.114. The van der Waals surface area contributed by atoms with Gasteiger partial charge in [-0.2, -0.15) is 0 Å².